The molecule has 1 aromatic carbocycles. The molecule has 3 rings (SSSR count). The van der Waals surface area contributed by atoms with E-state index < -0.39 is 0 Å². The number of ether oxygens (including phenoxy) is 2. The lowest BCUT2D eigenvalue weighted by Crippen LogP contribution is -2.21. The summed E-state index contributed by atoms with van der Waals surface area (Å²) in [6, 6.07) is 7.42. The summed E-state index contributed by atoms with van der Waals surface area (Å²) in [4.78, 5) is 28.1. The molecule has 0 saturated heterocycles. The smallest absolute Gasteiger partial charge is 0.295 e. The zero-order valence-corrected chi connectivity index (χ0v) is 15.1. The number of benzene rings is 1. The van der Waals surface area contributed by atoms with E-state index in [1.54, 1.807) is 0 Å². The van der Waals surface area contributed by atoms with Crippen LogP contribution in [0.1, 0.15) is 19.8 Å². The number of anilines is 2. The number of carbonyl (C=O) groups excluding carboxylic acids is 2. The molecule has 8 heteroatoms. The van der Waals surface area contributed by atoms with Crippen molar-refractivity contribution in [2.45, 2.75) is 19.8 Å². The van der Waals surface area contributed by atoms with Gasteiger partial charge in [0.05, 0.1) is 5.69 Å². The van der Waals surface area contributed by atoms with Crippen molar-refractivity contribution in [1.29, 1.82) is 0 Å². The predicted octanol–water partition coefficient (Wildman–Crippen LogP) is 3.38. The normalized spacial score (nSPS) is 13.2. The van der Waals surface area contributed by atoms with Gasteiger partial charge in [0, 0.05) is 23.1 Å². The van der Waals surface area contributed by atoms with Crippen LogP contribution in [0.3, 0.4) is 0 Å². The number of thiazole rings is 1. The Morgan fingerprint density at radius 1 is 1.19 bits per heavy atom. The summed E-state index contributed by atoms with van der Waals surface area (Å²) in [5.41, 5.74) is 2.38. The van der Waals surface area contributed by atoms with Crippen LogP contribution in [0, 0.1) is 0 Å². The molecule has 0 atom stereocenters. The molecule has 136 valence electrons. The maximum absolute atomic E-state index is 12.1. The first-order valence-corrected chi connectivity index (χ1v) is 9.15. The number of amides is 2. The quantitative estimate of drug-likeness (QED) is 0.810. The number of hydrogen-bond donors (Lipinski definition) is 2. The highest BCUT2D eigenvalue weighted by atomic mass is 32.1. The SMILES string of the molecule is CCCC(=O)Nc1ccc(-c2csc(NC(=O)C3=COCCO3)n2)cc1. The van der Waals surface area contributed by atoms with Crippen molar-refractivity contribution in [3.05, 3.63) is 41.7 Å². The summed E-state index contributed by atoms with van der Waals surface area (Å²) in [7, 11) is 0. The van der Waals surface area contributed by atoms with Crippen LogP contribution >= 0.6 is 11.3 Å². The molecule has 0 bridgehead atoms. The molecule has 0 fully saturated rings. The molecule has 0 unspecified atom stereocenters. The highest BCUT2D eigenvalue weighted by Gasteiger charge is 2.16. The van der Waals surface area contributed by atoms with Gasteiger partial charge >= 0.3 is 0 Å². The van der Waals surface area contributed by atoms with Crippen molar-refractivity contribution in [2.24, 2.45) is 0 Å². The maximum atomic E-state index is 12.1. The second-order valence-corrected chi connectivity index (χ2v) is 6.43. The number of aromatic nitrogens is 1. The molecule has 26 heavy (non-hydrogen) atoms. The van der Waals surface area contributed by atoms with E-state index in [9.17, 15) is 9.59 Å². The van der Waals surface area contributed by atoms with Gasteiger partial charge in [0.2, 0.25) is 11.7 Å². The lowest BCUT2D eigenvalue weighted by Gasteiger charge is -2.14. The number of hydrogen-bond acceptors (Lipinski definition) is 6. The first-order valence-electron chi connectivity index (χ1n) is 8.27. The van der Waals surface area contributed by atoms with Gasteiger partial charge in [-0.2, -0.15) is 0 Å². The Labute approximate surface area is 155 Å². The Kier molecular flexibility index (Phi) is 5.85. The topological polar surface area (TPSA) is 89.6 Å². The van der Waals surface area contributed by atoms with E-state index in [-0.39, 0.29) is 17.6 Å². The van der Waals surface area contributed by atoms with Crippen LogP contribution in [-0.2, 0) is 19.1 Å². The summed E-state index contributed by atoms with van der Waals surface area (Å²) in [5.74, 6) is -0.248. The monoisotopic (exact) mass is 373 g/mol. The number of nitrogens with zero attached hydrogens (tertiary/aromatic N) is 1. The van der Waals surface area contributed by atoms with Gasteiger partial charge in [0.1, 0.15) is 19.5 Å². The molecular formula is C18H19N3O4S. The van der Waals surface area contributed by atoms with Crippen molar-refractivity contribution >= 4 is 34.0 Å². The van der Waals surface area contributed by atoms with Crippen LogP contribution in [-0.4, -0.2) is 30.0 Å². The van der Waals surface area contributed by atoms with Gasteiger partial charge in [-0.1, -0.05) is 19.1 Å². The van der Waals surface area contributed by atoms with Crippen LogP contribution in [0.25, 0.3) is 11.3 Å². The van der Waals surface area contributed by atoms with Crippen molar-refractivity contribution in [2.75, 3.05) is 23.8 Å². The average molecular weight is 373 g/mol. The van der Waals surface area contributed by atoms with E-state index in [0.29, 0.717) is 24.8 Å². The second-order valence-electron chi connectivity index (χ2n) is 5.57. The average Bonchev–Trinajstić information content (AvgIpc) is 3.11. The molecule has 2 aromatic rings. The molecule has 1 aliphatic rings. The molecule has 2 amide bonds. The zero-order chi connectivity index (χ0) is 18.4. The van der Waals surface area contributed by atoms with Crippen LogP contribution < -0.4 is 10.6 Å². The van der Waals surface area contributed by atoms with Gasteiger partial charge in [0.15, 0.2) is 5.13 Å². The van der Waals surface area contributed by atoms with E-state index in [4.69, 9.17) is 9.47 Å². The van der Waals surface area contributed by atoms with E-state index in [0.717, 1.165) is 23.4 Å². The van der Waals surface area contributed by atoms with Crippen LogP contribution in [0.4, 0.5) is 10.8 Å². The highest BCUT2D eigenvalue weighted by molar-refractivity contribution is 7.14. The molecule has 1 aliphatic heterocycles. The molecular weight excluding hydrogens is 354 g/mol. The number of carbonyl (C=O) groups is 2. The van der Waals surface area contributed by atoms with Gasteiger partial charge < -0.3 is 14.8 Å². The van der Waals surface area contributed by atoms with Gasteiger partial charge in [0.25, 0.3) is 5.91 Å². The lowest BCUT2D eigenvalue weighted by atomic mass is 10.1. The molecule has 7 nitrogen and oxygen atoms in total. The van der Waals surface area contributed by atoms with Crippen molar-refractivity contribution in [3.63, 3.8) is 0 Å². The number of nitrogens with one attached hydrogen (secondary N) is 2. The Balaban J connectivity index is 1.63. The first kappa shape index (κ1) is 17.9. The summed E-state index contributed by atoms with van der Waals surface area (Å²) >= 11 is 1.32. The third-order valence-corrected chi connectivity index (χ3v) is 4.30. The van der Waals surface area contributed by atoms with Gasteiger partial charge in [-0.25, -0.2) is 4.98 Å². The van der Waals surface area contributed by atoms with Gasteiger partial charge in [-0.3, -0.25) is 14.9 Å². The Hall–Kier alpha value is -2.87. The summed E-state index contributed by atoms with van der Waals surface area (Å²) in [5, 5.41) is 7.86. The molecule has 0 spiro atoms. The highest BCUT2D eigenvalue weighted by Crippen LogP contribution is 2.26. The van der Waals surface area contributed by atoms with Crippen molar-refractivity contribution in [1.82, 2.24) is 4.98 Å². The molecule has 0 aliphatic carbocycles. The van der Waals surface area contributed by atoms with Crippen LogP contribution in [0.2, 0.25) is 0 Å². The molecule has 2 heterocycles. The van der Waals surface area contributed by atoms with E-state index in [1.807, 2.05) is 36.6 Å². The maximum Gasteiger partial charge on any atom is 0.295 e. The molecule has 1 aromatic heterocycles. The van der Waals surface area contributed by atoms with Crippen molar-refractivity contribution < 1.29 is 19.1 Å². The standard InChI is InChI=1S/C18H19N3O4S/c1-2-3-16(22)19-13-6-4-12(5-7-13)14-11-26-18(20-14)21-17(23)15-10-24-8-9-25-15/h4-7,10-11H,2-3,8-9H2,1H3,(H,19,22)(H,20,21,23). The largest absolute Gasteiger partial charge is 0.494 e. The van der Waals surface area contributed by atoms with E-state index >= 15 is 0 Å². The van der Waals surface area contributed by atoms with Crippen molar-refractivity contribution in [3.8, 4) is 11.3 Å². The van der Waals surface area contributed by atoms with Gasteiger partial charge in [-0.15, -0.1) is 11.3 Å². The Morgan fingerprint density at radius 2 is 2.00 bits per heavy atom. The minimum absolute atomic E-state index is 0.00197. The minimum atomic E-state index is -0.389. The molecule has 0 saturated carbocycles. The third-order valence-electron chi connectivity index (χ3n) is 3.54. The van der Waals surface area contributed by atoms with Crippen LogP contribution in [0.15, 0.2) is 41.7 Å². The summed E-state index contributed by atoms with van der Waals surface area (Å²) < 4.78 is 10.3. The Morgan fingerprint density at radius 3 is 2.69 bits per heavy atom. The molecule has 0 radical (unpaired) electrons. The summed E-state index contributed by atoms with van der Waals surface area (Å²) in [6.45, 7) is 2.75. The van der Waals surface area contributed by atoms with E-state index in [1.165, 1.54) is 17.6 Å². The second kappa shape index (κ2) is 8.48. The predicted molar refractivity (Wildman–Crippen MR) is 99.7 cm³/mol. The zero-order valence-electron chi connectivity index (χ0n) is 14.3. The lowest BCUT2D eigenvalue weighted by molar-refractivity contribution is -0.117. The molecule has 2 N–H and O–H groups in total. The fraction of sp³-hybridized carbons (Fsp3) is 0.278. The third kappa shape index (κ3) is 4.60. The fourth-order valence-corrected chi connectivity index (χ4v) is 3.00. The van der Waals surface area contributed by atoms with Gasteiger partial charge in [-0.05, 0) is 18.6 Å². The minimum Gasteiger partial charge on any atom is -0.494 e. The number of rotatable bonds is 6. The first-order chi connectivity index (χ1) is 12.7. The summed E-state index contributed by atoms with van der Waals surface area (Å²) in [6.07, 6.45) is 2.62. The van der Waals surface area contributed by atoms with Crippen LogP contribution in [0.5, 0.6) is 0 Å². The Bertz CT molecular complexity index is 814. The fourth-order valence-electron chi connectivity index (χ4n) is 2.28. The van der Waals surface area contributed by atoms with E-state index in [2.05, 4.69) is 15.6 Å².